The Kier molecular flexibility index (Phi) is 4.99. The summed E-state index contributed by atoms with van der Waals surface area (Å²) in [6.45, 7) is 1.75. The fourth-order valence-corrected chi connectivity index (χ4v) is 4.56. The van der Waals surface area contributed by atoms with E-state index >= 15 is 0 Å². The van der Waals surface area contributed by atoms with Crippen molar-refractivity contribution in [3.63, 3.8) is 0 Å². The lowest BCUT2D eigenvalue weighted by atomic mass is 10.1. The van der Waals surface area contributed by atoms with Gasteiger partial charge in [-0.15, -0.1) is 11.3 Å². The van der Waals surface area contributed by atoms with Gasteiger partial charge in [0.05, 0.1) is 6.42 Å². The molecule has 2 heterocycles. The van der Waals surface area contributed by atoms with Crippen LogP contribution in [0.1, 0.15) is 22.1 Å². The van der Waals surface area contributed by atoms with Crippen LogP contribution < -0.4 is 0 Å². The molecule has 2 aromatic rings. The smallest absolute Gasteiger partial charge is 0.227 e. The molecule has 3 rings (SSSR count). The second kappa shape index (κ2) is 7.14. The summed E-state index contributed by atoms with van der Waals surface area (Å²) in [6.07, 6.45) is 1.60. The van der Waals surface area contributed by atoms with E-state index in [1.807, 2.05) is 34.2 Å². The zero-order chi connectivity index (χ0) is 14.5. The van der Waals surface area contributed by atoms with Crippen LogP contribution >= 0.6 is 23.1 Å². The minimum Gasteiger partial charge on any atom is -0.342 e. The van der Waals surface area contributed by atoms with Gasteiger partial charge >= 0.3 is 0 Å². The van der Waals surface area contributed by atoms with E-state index in [4.69, 9.17) is 0 Å². The molecular weight excluding hydrogens is 298 g/mol. The molecule has 1 amide bonds. The number of rotatable bonds is 3. The fourth-order valence-electron chi connectivity index (χ4n) is 2.63. The van der Waals surface area contributed by atoms with E-state index in [0.29, 0.717) is 11.7 Å². The molecule has 1 aliphatic rings. The maximum atomic E-state index is 12.4. The summed E-state index contributed by atoms with van der Waals surface area (Å²) >= 11 is 3.64. The van der Waals surface area contributed by atoms with Gasteiger partial charge < -0.3 is 4.90 Å². The highest BCUT2D eigenvalue weighted by atomic mass is 32.2. The standard InChI is InChI=1S/C17H19NOS2/c19-17(13-15-7-4-11-20-15)18-9-8-16(21-12-10-18)14-5-2-1-3-6-14/h1-7,11,16H,8-10,12-13H2/t16-/m0/s1. The van der Waals surface area contributed by atoms with Crippen LogP contribution in [-0.2, 0) is 11.2 Å². The van der Waals surface area contributed by atoms with Crippen molar-refractivity contribution in [2.24, 2.45) is 0 Å². The Morgan fingerprint density at radius 2 is 2.00 bits per heavy atom. The molecule has 0 bridgehead atoms. The average Bonchev–Trinajstić information content (AvgIpc) is 2.89. The van der Waals surface area contributed by atoms with E-state index in [1.54, 1.807) is 11.3 Å². The summed E-state index contributed by atoms with van der Waals surface area (Å²) in [6, 6.07) is 14.7. The Bertz CT molecular complexity index is 568. The quantitative estimate of drug-likeness (QED) is 0.853. The van der Waals surface area contributed by atoms with Gasteiger partial charge in [-0.3, -0.25) is 4.79 Å². The van der Waals surface area contributed by atoms with Crippen molar-refractivity contribution in [1.29, 1.82) is 0 Å². The third-order valence-electron chi connectivity index (χ3n) is 3.77. The minimum absolute atomic E-state index is 0.270. The maximum Gasteiger partial charge on any atom is 0.227 e. The van der Waals surface area contributed by atoms with Crippen molar-refractivity contribution in [2.45, 2.75) is 18.1 Å². The summed E-state index contributed by atoms with van der Waals surface area (Å²) in [4.78, 5) is 15.6. The molecule has 0 radical (unpaired) electrons. The minimum atomic E-state index is 0.270. The molecule has 21 heavy (non-hydrogen) atoms. The second-order valence-electron chi connectivity index (χ2n) is 5.20. The van der Waals surface area contributed by atoms with E-state index in [0.717, 1.165) is 30.1 Å². The first kappa shape index (κ1) is 14.7. The predicted octanol–water partition coefficient (Wildman–Crippen LogP) is 4.00. The molecule has 2 nitrogen and oxygen atoms in total. The molecule has 1 aliphatic heterocycles. The molecule has 4 heteroatoms. The summed E-state index contributed by atoms with van der Waals surface area (Å²) in [7, 11) is 0. The van der Waals surface area contributed by atoms with Crippen molar-refractivity contribution in [2.75, 3.05) is 18.8 Å². The summed E-state index contributed by atoms with van der Waals surface area (Å²) < 4.78 is 0. The van der Waals surface area contributed by atoms with Crippen LogP contribution in [0.15, 0.2) is 47.8 Å². The van der Waals surface area contributed by atoms with Gasteiger partial charge in [-0.05, 0) is 23.4 Å². The molecule has 1 saturated heterocycles. The van der Waals surface area contributed by atoms with Crippen LogP contribution in [0.5, 0.6) is 0 Å². The molecule has 0 spiro atoms. The van der Waals surface area contributed by atoms with Crippen LogP contribution in [0.4, 0.5) is 0 Å². The monoisotopic (exact) mass is 317 g/mol. The molecule has 1 aromatic carbocycles. The van der Waals surface area contributed by atoms with E-state index in [1.165, 1.54) is 5.56 Å². The van der Waals surface area contributed by atoms with Crippen molar-refractivity contribution in [1.82, 2.24) is 4.90 Å². The van der Waals surface area contributed by atoms with Gasteiger partial charge in [0.1, 0.15) is 0 Å². The number of hydrogen-bond acceptors (Lipinski definition) is 3. The summed E-state index contributed by atoms with van der Waals surface area (Å²) in [5, 5.41) is 2.55. The van der Waals surface area contributed by atoms with Crippen molar-refractivity contribution in [3.05, 3.63) is 58.3 Å². The lowest BCUT2D eigenvalue weighted by molar-refractivity contribution is -0.130. The molecule has 1 aromatic heterocycles. The number of hydrogen-bond donors (Lipinski definition) is 0. The molecule has 110 valence electrons. The van der Waals surface area contributed by atoms with Crippen molar-refractivity contribution < 1.29 is 4.79 Å². The molecule has 0 unspecified atom stereocenters. The number of benzene rings is 1. The van der Waals surface area contributed by atoms with Gasteiger partial charge in [0.25, 0.3) is 0 Å². The second-order valence-corrected chi connectivity index (χ2v) is 7.54. The van der Waals surface area contributed by atoms with Gasteiger partial charge in [0.2, 0.25) is 5.91 Å². The molecule has 0 N–H and O–H groups in total. The van der Waals surface area contributed by atoms with Crippen LogP contribution in [0.2, 0.25) is 0 Å². The summed E-state index contributed by atoms with van der Waals surface area (Å²) in [5.41, 5.74) is 1.38. The zero-order valence-corrected chi connectivity index (χ0v) is 13.5. The molecule has 1 atom stereocenters. The number of nitrogens with zero attached hydrogens (tertiary/aromatic N) is 1. The number of carbonyl (C=O) groups excluding carboxylic acids is 1. The Morgan fingerprint density at radius 3 is 2.76 bits per heavy atom. The first-order valence-electron chi connectivity index (χ1n) is 7.29. The van der Waals surface area contributed by atoms with Gasteiger partial charge in [-0.25, -0.2) is 0 Å². The SMILES string of the molecule is O=C(Cc1cccs1)N1CCS[C@H](c2ccccc2)CC1. The van der Waals surface area contributed by atoms with Gasteiger partial charge in [0.15, 0.2) is 0 Å². The molecular formula is C17H19NOS2. The van der Waals surface area contributed by atoms with Crippen molar-refractivity contribution in [3.8, 4) is 0 Å². The normalized spacial score (nSPS) is 19.2. The number of carbonyl (C=O) groups is 1. The largest absolute Gasteiger partial charge is 0.342 e. The van der Waals surface area contributed by atoms with Gasteiger partial charge in [0, 0.05) is 29.0 Å². The van der Waals surface area contributed by atoms with Crippen LogP contribution in [0.25, 0.3) is 0 Å². The van der Waals surface area contributed by atoms with Crippen LogP contribution in [-0.4, -0.2) is 29.6 Å². The Balaban J connectivity index is 1.59. The topological polar surface area (TPSA) is 20.3 Å². The average molecular weight is 317 g/mol. The first-order chi connectivity index (χ1) is 10.3. The Morgan fingerprint density at radius 1 is 1.14 bits per heavy atom. The van der Waals surface area contributed by atoms with Crippen LogP contribution in [0.3, 0.4) is 0 Å². The Labute approximate surface area is 134 Å². The molecule has 1 fully saturated rings. The highest BCUT2D eigenvalue weighted by Crippen LogP contribution is 2.34. The van der Waals surface area contributed by atoms with Crippen LogP contribution in [0, 0.1) is 0 Å². The number of thioether (sulfide) groups is 1. The zero-order valence-electron chi connectivity index (χ0n) is 11.9. The van der Waals surface area contributed by atoms with Crippen molar-refractivity contribution >= 4 is 29.0 Å². The maximum absolute atomic E-state index is 12.4. The Hall–Kier alpha value is -1.26. The predicted molar refractivity (Wildman–Crippen MR) is 90.9 cm³/mol. The highest BCUT2D eigenvalue weighted by molar-refractivity contribution is 7.99. The lowest BCUT2D eigenvalue weighted by Crippen LogP contribution is -2.33. The van der Waals surface area contributed by atoms with Gasteiger partial charge in [-0.1, -0.05) is 36.4 Å². The third kappa shape index (κ3) is 3.89. The number of thiophene rings is 1. The molecule has 0 aliphatic carbocycles. The lowest BCUT2D eigenvalue weighted by Gasteiger charge is -2.20. The third-order valence-corrected chi connectivity index (χ3v) is 5.98. The van der Waals surface area contributed by atoms with E-state index < -0.39 is 0 Å². The van der Waals surface area contributed by atoms with Gasteiger partial charge in [-0.2, -0.15) is 11.8 Å². The van der Waals surface area contributed by atoms with E-state index in [-0.39, 0.29) is 5.91 Å². The number of amides is 1. The first-order valence-corrected chi connectivity index (χ1v) is 9.22. The van der Waals surface area contributed by atoms with E-state index in [2.05, 4.69) is 30.3 Å². The fraction of sp³-hybridized carbons (Fsp3) is 0.353. The highest BCUT2D eigenvalue weighted by Gasteiger charge is 2.22. The van der Waals surface area contributed by atoms with E-state index in [9.17, 15) is 4.79 Å². The molecule has 0 saturated carbocycles. The summed E-state index contributed by atoms with van der Waals surface area (Å²) in [5.74, 6) is 1.29.